The first kappa shape index (κ1) is 11.6. The largest absolute Gasteiger partial charge is 0.399 e. The van der Waals surface area contributed by atoms with Crippen LogP contribution in [-0.2, 0) is 0 Å². The number of rotatable bonds is 1. The molecule has 82 valence electrons. The molecule has 0 unspecified atom stereocenters. The zero-order valence-corrected chi connectivity index (χ0v) is 9.72. The predicted octanol–water partition coefficient (Wildman–Crippen LogP) is 2.11. The number of nitrogen functional groups attached to an aromatic ring is 1. The zero-order valence-electron chi connectivity index (χ0n) is 9.72. The fourth-order valence-electron chi connectivity index (χ4n) is 1.23. The molecular weight excluding hydrogens is 188 g/mol. The van der Waals surface area contributed by atoms with Crippen molar-refractivity contribution >= 4 is 11.6 Å². The Morgan fingerprint density at radius 2 is 1.93 bits per heavy atom. The molecule has 1 rings (SSSR count). The Morgan fingerprint density at radius 3 is 2.40 bits per heavy atom. The van der Waals surface area contributed by atoms with Gasteiger partial charge < -0.3 is 11.1 Å². The summed E-state index contributed by atoms with van der Waals surface area (Å²) in [6.07, 6.45) is 0. The van der Waals surface area contributed by atoms with Gasteiger partial charge in [-0.05, 0) is 51.5 Å². The number of amides is 1. The first-order chi connectivity index (χ1) is 6.79. The molecule has 0 aliphatic rings. The summed E-state index contributed by atoms with van der Waals surface area (Å²) in [6, 6.07) is 5.30. The summed E-state index contributed by atoms with van der Waals surface area (Å²) in [5.41, 5.74) is 7.76. The zero-order chi connectivity index (χ0) is 11.6. The van der Waals surface area contributed by atoms with Crippen LogP contribution in [0.15, 0.2) is 18.2 Å². The molecule has 0 spiro atoms. The fourth-order valence-corrected chi connectivity index (χ4v) is 1.23. The molecular formula is C12H18N2O. The van der Waals surface area contributed by atoms with Crippen LogP contribution in [0.1, 0.15) is 36.7 Å². The molecule has 0 fully saturated rings. The molecule has 0 bridgehead atoms. The quantitative estimate of drug-likeness (QED) is 0.691. The third-order valence-electron chi connectivity index (χ3n) is 2.02. The molecule has 0 saturated carbocycles. The van der Waals surface area contributed by atoms with Crippen LogP contribution >= 0.6 is 0 Å². The van der Waals surface area contributed by atoms with Gasteiger partial charge in [0.1, 0.15) is 0 Å². The topological polar surface area (TPSA) is 55.1 Å². The maximum Gasteiger partial charge on any atom is 0.251 e. The van der Waals surface area contributed by atoms with Gasteiger partial charge in [0, 0.05) is 16.8 Å². The molecule has 0 aliphatic heterocycles. The predicted molar refractivity (Wildman–Crippen MR) is 62.8 cm³/mol. The van der Waals surface area contributed by atoms with Gasteiger partial charge in [-0.1, -0.05) is 0 Å². The average molecular weight is 206 g/mol. The fraction of sp³-hybridized carbons (Fsp3) is 0.417. The van der Waals surface area contributed by atoms with Crippen molar-refractivity contribution < 1.29 is 4.79 Å². The summed E-state index contributed by atoms with van der Waals surface area (Å²) < 4.78 is 0. The highest BCUT2D eigenvalue weighted by molar-refractivity contribution is 5.95. The first-order valence-corrected chi connectivity index (χ1v) is 4.98. The highest BCUT2D eigenvalue weighted by atomic mass is 16.1. The molecule has 1 aromatic carbocycles. The molecule has 3 nitrogen and oxygen atoms in total. The van der Waals surface area contributed by atoms with Crippen LogP contribution in [0, 0.1) is 6.92 Å². The molecule has 1 aromatic rings. The standard InChI is InChI=1S/C12H18N2O/c1-8-7-9(5-6-10(8)13)11(15)14-12(2,3)4/h5-7H,13H2,1-4H3,(H,14,15). The lowest BCUT2D eigenvalue weighted by Crippen LogP contribution is -2.40. The number of anilines is 1. The van der Waals surface area contributed by atoms with E-state index in [1.165, 1.54) is 0 Å². The van der Waals surface area contributed by atoms with E-state index >= 15 is 0 Å². The van der Waals surface area contributed by atoms with Gasteiger partial charge in [-0.15, -0.1) is 0 Å². The third-order valence-corrected chi connectivity index (χ3v) is 2.02. The lowest BCUT2D eigenvalue weighted by atomic mass is 10.1. The van der Waals surface area contributed by atoms with Gasteiger partial charge in [-0.3, -0.25) is 4.79 Å². The Balaban J connectivity index is 2.88. The molecule has 0 saturated heterocycles. The SMILES string of the molecule is Cc1cc(C(=O)NC(C)(C)C)ccc1N. The van der Waals surface area contributed by atoms with E-state index in [0.29, 0.717) is 11.3 Å². The Labute approximate surface area is 90.7 Å². The maximum absolute atomic E-state index is 11.8. The van der Waals surface area contributed by atoms with Crippen molar-refractivity contribution in [3.8, 4) is 0 Å². The van der Waals surface area contributed by atoms with Crippen molar-refractivity contribution in [3.63, 3.8) is 0 Å². The van der Waals surface area contributed by atoms with Crippen molar-refractivity contribution in [2.45, 2.75) is 33.2 Å². The normalized spacial score (nSPS) is 11.2. The van der Waals surface area contributed by atoms with Crippen LogP contribution in [0.2, 0.25) is 0 Å². The first-order valence-electron chi connectivity index (χ1n) is 4.98. The molecule has 15 heavy (non-hydrogen) atoms. The van der Waals surface area contributed by atoms with Crippen LogP contribution < -0.4 is 11.1 Å². The minimum Gasteiger partial charge on any atom is -0.399 e. The number of nitrogens with two attached hydrogens (primary N) is 1. The molecule has 0 aliphatic carbocycles. The van der Waals surface area contributed by atoms with Gasteiger partial charge in [-0.25, -0.2) is 0 Å². The molecule has 0 heterocycles. The highest BCUT2D eigenvalue weighted by Crippen LogP contribution is 2.13. The molecule has 0 radical (unpaired) electrons. The van der Waals surface area contributed by atoms with Crippen LogP contribution in [-0.4, -0.2) is 11.4 Å². The van der Waals surface area contributed by atoms with E-state index in [-0.39, 0.29) is 11.4 Å². The number of hydrogen-bond donors (Lipinski definition) is 2. The number of carbonyl (C=O) groups excluding carboxylic acids is 1. The van der Waals surface area contributed by atoms with Crippen molar-refractivity contribution in [1.82, 2.24) is 5.32 Å². The number of aryl methyl sites for hydroxylation is 1. The van der Waals surface area contributed by atoms with Crippen molar-refractivity contribution in [3.05, 3.63) is 29.3 Å². The minimum atomic E-state index is -0.216. The lowest BCUT2D eigenvalue weighted by Gasteiger charge is -2.20. The van der Waals surface area contributed by atoms with E-state index in [4.69, 9.17) is 5.73 Å². The van der Waals surface area contributed by atoms with Crippen LogP contribution in [0.3, 0.4) is 0 Å². The molecule has 3 heteroatoms. The van der Waals surface area contributed by atoms with E-state index in [1.54, 1.807) is 18.2 Å². The van der Waals surface area contributed by atoms with Gasteiger partial charge in [0.05, 0.1) is 0 Å². The summed E-state index contributed by atoms with van der Waals surface area (Å²) >= 11 is 0. The molecule has 0 aromatic heterocycles. The van der Waals surface area contributed by atoms with Crippen molar-refractivity contribution in [2.75, 3.05) is 5.73 Å². The van der Waals surface area contributed by atoms with E-state index < -0.39 is 0 Å². The van der Waals surface area contributed by atoms with Gasteiger partial charge in [0.15, 0.2) is 0 Å². The minimum absolute atomic E-state index is 0.0643. The van der Waals surface area contributed by atoms with Crippen molar-refractivity contribution in [2.24, 2.45) is 0 Å². The summed E-state index contributed by atoms with van der Waals surface area (Å²) in [5.74, 6) is -0.0643. The Hall–Kier alpha value is -1.51. The van der Waals surface area contributed by atoms with E-state index in [0.717, 1.165) is 5.56 Å². The summed E-state index contributed by atoms with van der Waals surface area (Å²) in [4.78, 5) is 11.8. The third kappa shape index (κ3) is 3.27. The summed E-state index contributed by atoms with van der Waals surface area (Å²) in [5, 5.41) is 2.90. The van der Waals surface area contributed by atoms with Crippen LogP contribution in [0.5, 0.6) is 0 Å². The van der Waals surface area contributed by atoms with Crippen LogP contribution in [0.4, 0.5) is 5.69 Å². The van der Waals surface area contributed by atoms with E-state index in [1.807, 2.05) is 27.7 Å². The van der Waals surface area contributed by atoms with E-state index in [9.17, 15) is 4.79 Å². The number of benzene rings is 1. The molecule has 3 N–H and O–H groups in total. The highest BCUT2D eigenvalue weighted by Gasteiger charge is 2.15. The monoisotopic (exact) mass is 206 g/mol. The van der Waals surface area contributed by atoms with Gasteiger partial charge in [0.2, 0.25) is 0 Å². The second-order valence-corrected chi connectivity index (χ2v) is 4.78. The second kappa shape index (κ2) is 3.93. The Bertz CT molecular complexity index is 378. The van der Waals surface area contributed by atoms with Gasteiger partial charge >= 0.3 is 0 Å². The summed E-state index contributed by atoms with van der Waals surface area (Å²) in [7, 11) is 0. The number of nitrogens with one attached hydrogen (secondary N) is 1. The van der Waals surface area contributed by atoms with Crippen molar-refractivity contribution in [1.29, 1.82) is 0 Å². The average Bonchev–Trinajstić information content (AvgIpc) is 2.06. The lowest BCUT2D eigenvalue weighted by molar-refractivity contribution is 0.0919. The van der Waals surface area contributed by atoms with Gasteiger partial charge in [-0.2, -0.15) is 0 Å². The van der Waals surface area contributed by atoms with Gasteiger partial charge in [0.25, 0.3) is 5.91 Å². The maximum atomic E-state index is 11.8. The van der Waals surface area contributed by atoms with E-state index in [2.05, 4.69) is 5.32 Å². The Morgan fingerprint density at radius 1 is 1.33 bits per heavy atom. The smallest absolute Gasteiger partial charge is 0.251 e. The second-order valence-electron chi connectivity index (χ2n) is 4.78. The Kier molecular flexibility index (Phi) is 3.03. The number of hydrogen-bond acceptors (Lipinski definition) is 2. The van der Waals surface area contributed by atoms with Crippen LogP contribution in [0.25, 0.3) is 0 Å². The molecule has 0 atom stereocenters. The molecule has 1 amide bonds. The number of carbonyl (C=O) groups is 1. The summed E-state index contributed by atoms with van der Waals surface area (Å²) in [6.45, 7) is 7.75.